The van der Waals surface area contributed by atoms with E-state index in [0.717, 1.165) is 24.5 Å². The van der Waals surface area contributed by atoms with Crippen molar-refractivity contribution in [2.75, 3.05) is 0 Å². The molecular formula is C20H31NO2. The van der Waals surface area contributed by atoms with Gasteiger partial charge in [0, 0.05) is 5.69 Å². The molecule has 1 aliphatic rings. The highest BCUT2D eigenvalue weighted by molar-refractivity contribution is 5.75. The predicted octanol–water partition coefficient (Wildman–Crippen LogP) is 5.46. The van der Waals surface area contributed by atoms with Gasteiger partial charge in [0.15, 0.2) is 0 Å². The first-order chi connectivity index (χ1) is 11.2. The molecule has 0 aromatic carbocycles. The zero-order valence-electron chi connectivity index (χ0n) is 14.7. The lowest BCUT2D eigenvalue weighted by Gasteiger charge is -2.27. The second kappa shape index (κ2) is 9.69. The Balaban J connectivity index is 1.65. The molecule has 0 saturated heterocycles. The molecule has 0 spiro atoms. The maximum Gasteiger partial charge on any atom is 0.314 e. The van der Waals surface area contributed by atoms with Crippen LogP contribution in [0.25, 0.3) is 0 Å². The van der Waals surface area contributed by atoms with Gasteiger partial charge in [-0.25, -0.2) is 0 Å². The molecule has 1 heterocycles. The van der Waals surface area contributed by atoms with E-state index in [4.69, 9.17) is 4.74 Å². The number of esters is 1. The van der Waals surface area contributed by atoms with Gasteiger partial charge >= 0.3 is 5.97 Å². The summed E-state index contributed by atoms with van der Waals surface area (Å²) in [5, 5.41) is 0. The molecule has 2 rings (SSSR count). The molecule has 3 heteroatoms. The maximum atomic E-state index is 12.2. The smallest absolute Gasteiger partial charge is 0.314 e. The summed E-state index contributed by atoms with van der Waals surface area (Å²) in [5.41, 5.74) is 0.934. The Hall–Kier alpha value is -1.38. The van der Waals surface area contributed by atoms with Crippen LogP contribution in [-0.2, 0) is 4.79 Å². The number of nitrogens with zero attached hydrogens (tertiary/aromatic N) is 1. The molecule has 128 valence electrons. The highest BCUT2D eigenvalue weighted by atomic mass is 16.5. The summed E-state index contributed by atoms with van der Waals surface area (Å²) in [4.78, 5) is 16.4. The SMILES string of the molecule is CCCCCCC[C@H]1CC[C@H](C(=O)Oc2ccc(C)nc2)CC1. The standard InChI is InChI=1S/C20H31NO2/c1-3-4-5-6-7-8-17-10-12-18(13-11-17)20(22)23-19-14-9-16(2)21-15-19/h9,14-15,17-18H,3-8,10-13H2,1-2H3/t17-,18-. The molecule has 3 nitrogen and oxygen atoms in total. The van der Waals surface area contributed by atoms with Gasteiger partial charge in [-0.3, -0.25) is 9.78 Å². The van der Waals surface area contributed by atoms with Crippen LogP contribution >= 0.6 is 0 Å². The van der Waals surface area contributed by atoms with Crippen LogP contribution in [0, 0.1) is 18.8 Å². The number of aryl methyl sites for hydroxylation is 1. The molecule has 0 atom stereocenters. The number of carbonyl (C=O) groups is 1. The number of ether oxygens (including phenoxy) is 1. The van der Waals surface area contributed by atoms with Crippen LogP contribution in [0.2, 0.25) is 0 Å². The quantitative estimate of drug-likeness (QED) is 0.472. The fraction of sp³-hybridized carbons (Fsp3) is 0.700. The average molecular weight is 317 g/mol. The number of aromatic nitrogens is 1. The number of pyridine rings is 1. The van der Waals surface area contributed by atoms with Crippen molar-refractivity contribution in [1.82, 2.24) is 4.98 Å². The lowest BCUT2D eigenvalue weighted by atomic mass is 9.80. The van der Waals surface area contributed by atoms with E-state index >= 15 is 0 Å². The van der Waals surface area contributed by atoms with Crippen molar-refractivity contribution in [3.63, 3.8) is 0 Å². The minimum atomic E-state index is -0.0722. The third-order valence-corrected chi connectivity index (χ3v) is 5.00. The third kappa shape index (κ3) is 6.32. The molecule has 0 amide bonds. The average Bonchev–Trinajstić information content (AvgIpc) is 2.57. The molecule has 1 aliphatic carbocycles. The summed E-state index contributed by atoms with van der Waals surface area (Å²) < 4.78 is 5.47. The first-order valence-corrected chi connectivity index (χ1v) is 9.33. The molecule has 1 saturated carbocycles. The van der Waals surface area contributed by atoms with E-state index < -0.39 is 0 Å². The van der Waals surface area contributed by atoms with E-state index in [9.17, 15) is 4.79 Å². The molecule has 0 unspecified atom stereocenters. The minimum Gasteiger partial charge on any atom is -0.425 e. The Morgan fingerprint density at radius 3 is 2.52 bits per heavy atom. The lowest BCUT2D eigenvalue weighted by Crippen LogP contribution is -2.25. The van der Waals surface area contributed by atoms with Crippen LogP contribution in [0.4, 0.5) is 0 Å². The second-order valence-electron chi connectivity index (χ2n) is 6.98. The molecule has 0 radical (unpaired) electrons. The molecule has 1 fully saturated rings. The predicted molar refractivity (Wildman–Crippen MR) is 93.4 cm³/mol. The first-order valence-electron chi connectivity index (χ1n) is 9.33. The Labute approximate surface area is 140 Å². The van der Waals surface area contributed by atoms with Crippen molar-refractivity contribution in [2.24, 2.45) is 11.8 Å². The van der Waals surface area contributed by atoms with Crippen LogP contribution in [0.3, 0.4) is 0 Å². The topological polar surface area (TPSA) is 39.2 Å². The summed E-state index contributed by atoms with van der Waals surface area (Å²) in [6.07, 6.45) is 14.1. The van der Waals surface area contributed by atoms with Gasteiger partial charge in [-0.05, 0) is 50.7 Å². The second-order valence-corrected chi connectivity index (χ2v) is 6.98. The van der Waals surface area contributed by atoms with Crippen LogP contribution in [-0.4, -0.2) is 11.0 Å². The number of rotatable bonds is 8. The Bertz CT molecular complexity index is 461. The van der Waals surface area contributed by atoms with E-state index in [1.54, 1.807) is 6.20 Å². The molecule has 0 bridgehead atoms. The minimum absolute atomic E-state index is 0.0722. The first kappa shape index (κ1) is 18.0. The number of unbranched alkanes of at least 4 members (excludes halogenated alkanes) is 4. The number of hydrogen-bond donors (Lipinski definition) is 0. The zero-order chi connectivity index (χ0) is 16.5. The van der Waals surface area contributed by atoms with Gasteiger partial charge in [0.1, 0.15) is 5.75 Å². The molecular weight excluding hydrogens is 286 g/mol. The van der Waals surface area contributed by atoms with Crippen molar-refractivity contribution in [2.45, 2.75) is 78.1 Å². The summed E-state index contributed by atoms with van der Waals surface area (Å²) >= 11 is 0. The Morgan fingerprint density at radius 1 is 1.13 bits per heavy atom. The maximum absolute atomic E-state index is 12.2. The van der Waals surface area contributed by atoms with E-state index in [1.807, 2.05) is 19.1 Å². The van der Waals surface area contributed by atoms with Crippen LogP contribution in [0.15, 0.2) is 18.3 Å². The van der Waals surface area contributed by atoms with E-state index in [1.165, 1.54) is 51.4 Å². The number of carbonyl (C=O) groups excluding carboxylic acids is 1. The summed E-state index contributed by atoms with van der Waals surface area (Å²) in [7, 11) is 0. The number of hydrogen-bond acceptors (Lipinski definition) is 3. The Kier molecular flexibility index (Phi) is 7.57. The molecule has 0 aliphatic heterocycles. The fourth-order valence-electron chi connectivity index (χ4n) is 3.44. The van der Waals surface area contributed by atoms with Crippen molar-refractivity contribution >= 4 is 5.97 Å². The van der Waals surface area contributed by atoms with Crippen molar-refractivity contribution in [3.05, 3.63) is 24.0 Å². The van der Waals surface area contributed by atoms with Gasteiger partial charge < -0.3 is 4.74 Å². The normalized spacial score (nSPS) is 21.1. The van der Waals surface area contributed by atoms with Crippen molar-refractivity contribution in [3.8, 4) is 5.75 Å². The van der Waals surface area contributed by atoms with E-state index in [2.05, 4.69) is 11.9 Å². The summed E-state index contributed by atoms with van der Waals surface area (Å²) in [5.74, 6) is 1.39. The van der Waals surface area contributed by atoms with E-state index in [0.29, 0.717) is 5.75 Å². The van der Waals surface area contributed by atoms with Gasteiger partial charge in [0.2, 0.25) is 0 Å². The van der Waals surface area contributed by atoms with Crippen molar-refractivity contribution in [1.29, 1.82) is 0 Å². The third-order valence-electron chi connectivity index (χ3n) is 5.00. The van der Waals surface area contributed by atoms with Gasteiger partial charge in [-0.15, -0.1) is 0 Å². The molecule has 1 aromatic heterocycles. The monoisotopic (exact) mass is 317 g/mol. The van der Waals surface area contributed by atoms with Gasteiger partial charge in [-0.1, -0.05) is 45.4 Å². The highest BCUT2D eigenvalue weighted by Gasteiger charge is 2.27. The zero-order valence-corrected chi connectivity index (χ0v) is 14.7. The molecule has 23 heavy (non-hydrogen) atoms. The van der Waals surface area contributed by atoms with Crippen LogP contribution in [0.5, 0.6) is 5.75 Å². The summed E-state index contributed by atoms with van der Waals surface area (Å²) in [6, 6.07) is 3.69. The van der Waals surface area contributed by atoms with Gasteiger partial charge in [0.05, 0.1) is 12.1 Å². The van der Waals surface area contributed by atoms with Crippen LogP contribution in [0.1, 0.15) is 76.8 Å². The fourth-order valence-corrected chi connectivity index (χ4v) is 3.44. The lowest BCUT2D eigenvalue weighted by molar-refractivity contribution is -0.140. The van der Waals surface area contributed by atoms with Gasteiger partial charge in [-0.2, -0.15) is 0 Å². The highest BCUT2D eigenvalue weighted by Crippen LogP contribution is 2.33. The van der Waals surface area contributed by atoms with Gasteiger partial charge in [0.25, 0.3) is 0 Å². The molecule has 1 aromatic rings. The summed E-state index contributed by atoms with van der Waals surface area (Å²) in [6.45, 7) is 4.18. The Morgan fingerprint density at radius 2 is 1.87 bits per heavy atom. The van der Waals surface area contributed by atoms with E-state index in [-0.39, 0.29) is 11.9 Å². The van der Waals surface area contributed by atoms with Crippen molar-refractivity contribution < 1.29 is 9.53 Å². The van der Waals surface area contributed by atoms with Crippen LogP contribution < -0.4 is 4.74 Å². The largest absolute Gasteiger partial charge is 0.425 e. The molecule has 0 N–H and O–H groups in total.